The van der Waals surface area contributed by atoms with Crippen LogP contribution in [0.4, 0.5) is 0 Å². The molecule has 1 fully saturated rings. The van der Waals surface area contributed by atoms with Gasteiger partial charge < -0.3 is 14.7 Å². The molecule has 0 spiro atoms. The van der Waals surface area contributed by atoms with Crippen LogP contribution in [0.25, 0.3) is 0 Å². The minimum absolute atomic E-state index is 0.0459. The van der Waals surface area contributed by atoms with E-state index in [9.17, 15) is 9.59 Å². The van der Waals surface area contributed by atoms with Crippen molar-refractivity contribution in [3.63, 3.8) is 0 Å². The van der Waals surface area contributed by atoms with Gasteiger partial charge >= 0.3 is 5.97 Å². The minimum atomic E-state index is -0.829. The molecule has 16 heavy (non-hydrogen) atoms. The average molecular weight is 229 g/mol. The molecular weight excluding hydrogens is 210 g/mol. The second-order valence-electron chi connectivity index (χ2n) is 4.41. The molecule has 1 atom stereocenters. The van der Waals surface area contributed by atoms with E-state index in [0.29, 0.717) is 19.6 Å². The van der Waals surface area contributed by atoms with Crippen LogP contribution in [-0.2, 0) is 14.3 Å². The molecule has 1 amide bonds. The molecule has 0 aromatic heterocycles. The van der Waals surface area contributed by atoms with Crippen LogP contribution in [0.5, 0.6) is 0 Å². The molecule has 0 aromatic carbocycles. The average Bonchev–Trinajstić information content (AvgIpc) is 2.64. The van der Waals surface area contributed by atoms with Crippen LogP contribution >= 0.6 is 0 Å². The number of nitrogens with zero attached hydrogens (tertiary/aromatic N) is 1. The van der Waals surface area contributed by atoms with Crippen LogP contribution in [0.1, 0.15) is 32.6 Å². The van der Waals surface area contributed by atoms with E-state index < -0.39 is 11.6 Å². The summed E-state index contributed by atoms with van der Waals surface area (Å²) in [7, 11) is 1.69. The van der Waals surface area contributed by atoms with E-state index in [0.717, 1.165) is 12.8 Å². The summed E-state index contributed by atoms with van der Waals surface area (Å²) in [4.78, 5) is 23.9. The highest BCUT2D eigenvalue weighted by Gasteiger charge is 2.39. The Morgan fingerprint density at radius 1 is 1.50 bits per heavy atom. The van der Waals surface area contributed by atoms with Gasteiger partial charge in [-0.15, -0.1) is 0 Å². The van der Waals surface area contributed by atoms with Crippen LogP contribution in [0.2, 0.25) is 0 Å². The van der Waals surface area contributed by atoms with E-state index in [1.165, 1.54) is 0 Å². The lowest BCUT2D eigenvalue weighted by molar-refractivity contribution is -0.150. The molecule has 1 aliphatic rings. The number of carbonyl (C=O) groups excluding carboxylic acids is 1. The molecule has 1 heterocycles. The van der Waals surface area contributed by atoms with Gasteiger partial charge in [-0.05, 0) is 26.2 Å². The molecule has 0 aliphatic carbocycles. The highest BCUT2D eigenvalue weighted by atomic mass is 16.5. The zero-order valence-corrected chi connectivity index (χ0v) is 9.86. The van der Waals surface area contributed by atoms with Crippen LogP contribution in [0.15, 0.2) is 0 Å². The van der Waals surface area contributed by atoms with Gasteiger partial charge in [-0.25, -0.2) is 0 Å². The highest BCUT2D eigenvalue weighted by molar-refractivity contribution is 5.84. The first-order chi connectivity index (χ1) is 7.46. The van der Waals surface area contributed by atoms with Crippen molar-refractivity contribution in [1.29, 1.82) is 0 Å². The van der Waals surface area contributed by atoms with Gasteiger partial charge in [-0.1, -0.05) is 0 Å². The molecule has 1 rings (SSSR count). The summed E-state index contributed by atoms with van der Waals surface area (Å²) in [5, 5.41) is 8.50. The Hall–Kier alpha value is -1.10. The van der Waals surface area contributed by atoms with Gasteiger partial charge in [0.25, 0.3) is 5.91 Å². The maximum atomic E-state index is 12.0. The fourth-order valence-corrected chi connectivity index (χ4v) is 1.92. The maximum absolute atomic E-state index is 12.0. The lowest BCUT2D eigenvalue weighted by Crippen LogP contribution is -2.45. The number of likely N-dealkylation sites (N-methyl/N-ethyl adjacent to an activating group) is 1. The van der Waals surface area contributed by atoms with E-state index in [4.69, 9.17) is 9.84 Å². The number of hydrogen-bond donors (Lipinski definition) is 1. The van der Waals surface area contributed by atoms with Crippen LogP contribution < -0.4 is 0 Å². The Morgan fingerprint density at radius 2 is 2.19 bits per heavy atom. The van der Waals surface area contributed by atoms with E-state index in [1.54, 1.807) is 18.9 Å². The molecule has 1 saturated heterocycles. The van der Waals surface area contributed by atoms with Gasteiger partial charge in [-0.3, -0.25) is 9.59 Å². The third-order valence-corrected chi connectivity index (χ3v) is 2.90. The predicted octanol–water partition coefficient (Wildman–Crippen LogP) is 0.879. The van der Waals surface area contributed by atoms with Crippen LogP contribution in [-0.4, -0.2) is 47.7 Å². The Balaban J connectivity index is 2.38. The van der Waals surface area contributed by atoms with Crippen molar-refractivity contribution >= 4 is 11.9 Å². The van der Waals surface area contributed by atoms with E-state index >= 15 is 0 Å². The van der Waals surface area contributed by atoms with Crippen molar-refractivity contribution < 1.29 is 19.4 Å². The van der Waals surface area contributed by atoms with Crippen molar-refractivity contribution in [1.82, 2.24) is 4.90 Å². The third-order valence-electron chi connectivity index (χ3n) is 2.90. The molecule has 5 heteroatoms. The van der Waals surface area contributed by atoms with Crippen LogP contribution in [0, 0.1) is 0 Å². The largest absolute Gasteiger partial charge is 0.481 e. The van der Waals surface area contributed by atoms with Gasteiger partial charge in [0.2, 0.25) is 0 Å². The van der Waals surface area contributed by atoms with E-state index in [2.05, 4.69) is 0 Å². The predicted molar refractivity (Wildman–Crippen MR) is 58.1 cm³/mol. The summed E-state index contributed by atoms with van der Waals surface area (Å²) in [5.74, 6) is -0.875. The normalized spacial score (nSPS) is 24.4. The molecule has 1 N–H and O–H groups in total. The molecule has 92 valence electrons. The topological polar surface area (TPSA) is 66.8 Å². The Kier molecular flexibility index (Phi) is 4.29. The standard InChI is InChI=1S/C11H19NO4/c1-11(6-4-8-16-11)10(15)12(2)7-3-5-9(13)14/h3-8H2,1-2H3,(H,13,14). The summed E-state index contributed by atoms with van der Waals surface area (Å²) in [6.45, 7) is 2.89. The lowest BCUT2D eigenvalue weighted by Gasteiger charge is -2.28. The van der Waals surface area contributed by atoms with Gasteiger partial charge in [0.15, 0.2) is 0 Å². The molecule has 0 bridgehead atoms. The molecule has 1 aliphatic heterocycles. The van der Waals surface area contributed by atoms with Crippen molar-refractivity contribution in [3.05, 3.63) is 0 Å². The highest BCUT2D eigenvalue weighted by Crippen LogP contribution is 2.26. The molecule has 1 unspecified atom stereocenters. The summed E-state index contributed by atoms with van der Waals surface area (Å²) >= 11 is 0. The number of carbonyl (C=O) groups is 2. The first-order valence-corrected chi connectivity index (χ1v) is 5.57. The second-order valence-corrected chi connectivity index (χ2v) is 4.41. The van der Waals surface area contributed by atoms with Gasteiger partial charge in [-0.2, -0.15) is 0 Å². The van der Waals surface area contributed by atoms with Gasteiger partial charge in [0.1, 0.15) is 5.60 Å². The van der Waals surface area contributed by atoms with Crippen molar-refractivity contribution in [3.8, 4) is 0 Å². The quantitative estimate of drug-likeness (QED) is 0.760. The number of carboxylic acid groups (broad SMARTS) is 1. The first kappa shape index (κ1) is 13.0. The number of ether oxygens (including phenoxy) is 1. The van der Waals surface area contributed by atoms with E-state index in [-0.39, 0.29) is 12.3 Å². The van der Waals surface area contributed by atoms with Crippen molar-refractivity contribution in [2.45, 2.75) is 38.2 Å². The Labute approximate surface area is 95.4 Å². The second kappa shape index (κ2) is 5.30. The summed E-state index contributed by atoms with van der Waals surface area (Å²) < 4.78 is 5.44. The zero-order chi connectivity index (χ0) is 12.2. The monoisotopic (exact) mass is 229 g/mol. The number of carboxylic acids is 1. The minimum Gasteiger partial charge on any atom is -0.481 e. The Morgan fingerprint density at radius 3 is 2.69 bits per heavy atom. The van der Waals surface area contributed by atoms with Gasteiger partial charge in [0.05, 0.1) is 0 Å². The molecule has 0 saturated carbocycles. The molecular formula is C11H19NO4. The summed E-state index contributed by atoms with van der Waals surface area (Å²) in [5.41, 5.74) is -0.696. The van der Waals surface area contributed by atoms with Gasteiger partial charge in [0, 0.05) is 26.6 Å². The van der Waals surface area contributed by atoms with E-state index in [1.807, 2.05) is 0 Å². The first-order valence-electron chi connectivity index (χ1n) is 5.57. The zero-order valence-electron chi connectivity index (χ0n) is 9.86. The summed E-state index contributed by atoms with van der Waals surface area (Å²) in [6, 6.07) is 0. The molecule has 0 radical (unpaired) electrons. The number of aliphatic carboxylic acids is 1. The maximum Gasteiger partial charge on any atom is 0.303 e. The number of amides is 1. The number of hydrogen-bond acceptors (Lipinski definition) is 3. The van der Waals surface area contributed by atoms with Crippen molar-refractivity contribution in [2.75, 3.05) is 20.2 Å². The van der Waals surface area contributed by atoms with Crippen molar-refractivity contribution in [2.24, 2.45) is 0 Å². The Bertz CT molecular complexity index is 271. The number of rotatable bonds is 5. The fourth-order valence-electron chi connectivity index (χ4n) is 1.92. The summed E-state index contributed by atoms with van der Waals surface area (Å²) in [6.07, 6.45) is 2.23. The SMILES string of the molecule is CN(CCCC(=O)O)C(=O)C1(C)CCCO1. The molecule has 5 nitrogen and oxygen atoms in total. The lowest BCUT2D eigenvalue weighted by atomic mass is 10.0. The molecule has 0 aromatic rings. The van der Waals surface area contributed by atoms with Crippen LogP contribution in [0.3, 0.4) is 0 Å². The fraction of sp³-hybridized carbons (Fsp3) is 0.818. The smallest absolute Gasteiger partial charge is 0.303 e. The third kappa shape index (κ3) is 3.20.